The molecule has 5 nitrogen and oxygen atoms in total. The van der Waals surface area contributed by atoms with Gasteiger partial charge >= 0.3 is 5.97 Å². The molecule has 4 rings (SSSR count). The number of fused-ring (bicyclic) bond motifs is 1. The van der Waals surface area contributed by atoms with Gasteiger partial charge in [0.15, 0.2) is 0 Å². The Bertz CT molecular complexity index is 718. The van der Waals surface area contributed by atoms with Gasteiger partial charge in [0.1, 0.15) is 5.82 Å². The largest absolute Gasteiger partial charge is 0.478 e. The highest BCUT2D eigenvalue weighted by Gasteiger charge is 2.34. The number of nitrogens with zero attached hydrogens (tertiary/aromatic N) is 3. The summed E-state index contributed by atoms with van der Waals surface area (Å²) >= 11 is 0. The van der Waals surface area contributed by atoms with Gasteiger partial charge in [-0.2, -0.15) is 0 Å². The summed E-state index contributed by atoms with van der Waals surface area (Å²) in [5.41, 5.74) is 2.01. The van der Waals surface area contributed by atoms with Crippen molar-refractivity contribution in [1.29, 1.82) is 0 Å². The molecule has 2 aliphatic rings. The van der Waals surface area contributed by atoms with Crippen molar-refractivity contribution in [1.82, 2.24) is 14.5 Å². The van der Waals surface area contributed by atoms with Crippen LogP contribution < -0.4 is 0 Å². The Morgan fingerprint density at radius 2 is 2.14 bits per heavy atom. The van der Waals surface area contributed by atoms with Gasteiger partial charge in [0.05, 0.1) is 16.6 Å². The van der Waals surface area contributed by atoms with Crippen LogP contribution in [0.5, 0.6) is 0 Å². The molecule has 1 aromatic heterocycles. The second-order valence-corrected chi connectivity index (χ2v) is 6.30. The molecule has 1 unspecified atom stereocenters. The number of para-hydroxylation sites is 1. The van der Waals surface area contributed by atoms with Crippen LogP contribution in [0.25, 0.3) is 11.0 Å². The van der Waals surface area contributed by atoms with Crippen molar-refractivity contribution in [3.63, 3.8) is 0 Å². The van der Waals surface area contributed by atoms with Crippen molar-refractivity contribution in [2.45, 2.75) is 31.2 Å². The van der Waals surface area contributed by atoms with Crippen molar-refractivity contribution < 1.29 is 9.90 Å². The number of imidazole rings is 1. The van der Waals surface area contributed by atoms with E-state index >= 15 is 0 Å². The van der Waals surface area contributed by atoms with Gasteiger partial charge in [0, 0.05) is 18.5 Å². The van der Waals surface area contributed by atoms with Crippen LogP contribution in [-0.2, 0) is 0 Å². The minimum absolute atomic E-state index is 0.344. The zero-order valence-corrected chi connectivity index (χ0v) is 12.1. The second kappa shape index (κ2) is 4.56. The lowest BCUT2D eigenvalue weighted by atomic mass is 10.1. The summed E-state index contributed by atoms with van der Waals surface area (Å²) in [6.45, 7) is 2.03. The number of carbonyl (C=O) groups is 1. The molecule has 1 aromatic carbocycles. The predicted octanol–water partition coefficient (Wildman–Crippen LogP) is 2.49. The maximum absolute atomic E-state index is 11.6. The maximum Gasteiger partial charge on any atom is 0.337 e. The number of rotatable bonds is 3. The SMILES string of the molecule is CN1CCC(n2c(C3CC3)nc3cccc(C(=O)O)c32)C1. The Morgan fingerprint density at radius 1 is 1.33 bits per heavy atom. The number of likely N-dealkylation sites (N-methyl/N-ethyl adjacent to an activating group) is 1. The molecule has 1 saturated heterocycles. The van der Waals surface area contributed by atoms with Gasteiger partial charge < -0.3 is 14.6 Å². The van der Waals surface area contributed by atoms with Crippen LogP contribution in [0, 0.1) is 0 Å². The molecular weight excluding hydrogens is 266 g/mol. The van der Waals surface area contributed by atoms with Gasteiger partial charge in [0.2, 0.25) is 0 Å². The molecule has 0 bridgehead atoms. The van der Waals surface area contributed by atoms with E-state index < -0.39 is 5.97 Å². The van der Waals surface area contributed by atoms with Crippen molar-refractivity contribution in [3.8, 4) is 0 Å². The number of hydrogen-bond acceptors (Lipinski definition) is 3. The van der Waals surface area contributed by atoms with E-state index in [1.807, 2.05) is 6.07 Å². The number of aromatic carboxylic acids is 1. The molecule has 2 fully saturated rings. The molecule has 2 aromatic rings. The summed E-state index contributed by atoms with van der Waals surface area (Å²) < 4.78 is 2.24. The lowest BCUT2D eigenvalue weighted by Gasteiger charge is -2.17. The van der Waals surface area contributed by atoms with E-state index in [9.17, 15) is 9.90 Å². The summed E-state index contributed by atoms with van der Waals surface area (Å²) in [6.07, 6.45) is 3.41. The molecule has 21 heavy (non-hydrogen) atoms. The van der Waals surface area contributed by atoms with E-state index in [2.05, 4.69) is 16.5 Å². The zero-order valence-electron chi connectivity index (χ0n) is 12.1. The predicted molar refractivity (Wildman–Crippen MR) is 79.8 cm³/mol. The van der Waals surface area contributed by atoms with Gasteiger partial charge in [0.25, 0.3) is 0 Å². The third kappa shape index (κ3) is 2.03. The summed E-state index contributed by atoms with van der Waals surface area (Å²) in [4.78, 5) is 18.7. The van der Waals surface area contributed by atoms with Crippen LogP contribution in [-0.4, -0.2) is 45.7 Å². The standard InChI is InChI=1S/C16H19N3O2/c1-18-8-7-11(9-18)19-14-12(16(20)21)3-2-4-13(14)17-15(19)10-5-6-10/h2-4,10-11H,5-9H2,1H3,(H,20,21). The average molecular weight is 285 g/mol. The highest BCUT2D eigenvalue weighted by atomic mass is 16.4. The highest BCUT2D eigenvalue weighted by molar-refractivity contribution is 6.01. The Hall–Kier alpha value is -1.88. The van der Waals surface area contributed by atoms with Crippen LogP contribution in [0.2, 0.25) is 0 Å². The molecule has 0 amide bonds. The lowest BCUT2D eigenvalue weighted by molar-refractivity contribution is 0.0698. The van der Waals surface area contributed by atoms with Crippen LogP contribution in [0.1, 0.15) is 47.4 Å². The van der Waals surface area contributed by atoms with Gasteiger partial charge in [-0.05, 0) is 45.0 Å². The first kappa shape index (κ1) is 12.8. The van der Waals surface area contributed by atoms with E-state index in [1.54, 1.807) is 12.1 Å². The molecule has 0 radical (unpaired) electrons. The van der Waals surface area contributed by atoms with Crippen molar-refractivity contribution in [3.05, 3.63) is 29.6 Å². The van der Waals surface area contributed by atoms with Gasteiger partial charge in [-0.25, -0.2) is 9.78 Å². The molecule has 2 heterocycles. The minimum Gasteiger partial charge on any atom is -0.478 e. The van der Waals surface area contributed by atoms with E-state index in [4.69, 9.17) is 4.98 Å². The molecule has 5 heteroatoms. The summed E-state index contributed by atoms with van der Waals surface area (Å²) in [7, 11) is 2.12. The number of carboxylic acids is 1. The highest BCUT2D eigenvalue weighted by Crippen LogP contribution is 2.43. The average Bonchev–Trinajstić information content (AvgIpc) is 3.10. The first-order valence-electron chi connectivity index (χ1n) is 7.58. The molecule has 1 saturated carbocycles. The van der Waals surface area contributed by atoms with E-state index in [0.29, 0.717) is 17.5 Å². The molecule has 1 N–H and O–H groups in total. The third-order valence-electron chi connectivity index (χ3n) is 4.64. The van der Waals surface area contributed by atoms with E-state index in [1.165, 1.54) is 12.8 Å². The first-order chi connectivity index (χ1) is 10.1. The molecule has 1 aliphatic heterocycles. The number of aromatic nitrogens is 2. The summed E-state index contributed by atoms with van der Waals surface area (Å²) in [5, 5.41) is 9.51. The van der Waals surface area contributed by atoms with Crippen LogP contribution >= 0.6 is 0 Å². The smallest absolute Gasteiger partial charge is 0.337 e. The summed E-state index contributed by atoms with van der Waals surface area (Å²) in [5.74, 6) is 0.749. The Balaban J connectivity index is 1.96. The molecule has 0 spiro atoms. The number of benzene rings is 1. The monoisotopic (exact) mass is 285 g/mol. The lowest BCUT2D eigenvalue weighted by Crippen LogP contribution is -2.18. The quantitative estimate of drug-likeness (QED) is 0.941. The zero-order chi connectivity index (χ0) is 14.6. The van der Waals surface area contributed by atoms with Gasteiger partial charge in [-0.3, -0.25) is 0 Å². The molecular formula is C16H19N3O2. The fraction of sp³-hybridized carbons (Fsp3) is 0.500. The molecule has 1 atom stereocenters. The second-order valence-electron chi connectivity index (χ2n) is 6.30. The first-order valence-corrected chi connectivity index (χ1v) is 7.58. The van der Waals surface area contributed by atoms with Crippen molar-refractivity contribution in [2.24, 2.45) is 0 Å². The van der Waals surface area contributed by atoms with Gasteiger partial charge in [-0.1, -0.05) is 6.07 Å². The Kier molecular flexibility index (Phi) is 2.79. The molecule has 1 aliphatic carbocycles. The Morgan fingerprint density at radius 3 is 2.76 bits per heavy atom. The maximum atomic E-state index is 11.6. The number of carboxylic acid groups (broad SMARTS) is 1. The topological polar surface area (TPSA) is 58.4 Å². The number of hydrogen-bond donors (Lipinski definition) is 1. The van der Waals surface area contributed by atoms with E-state index in [0.717, 1.165) is 36.4 Å². The van der Waals surface area contributed by atoms with Crippen molar-refractivity contribution in [2.75, 3.05) is 20.1 Å². The van der Waals surface area contributed by atoms with Crippen LogP contribution in [0.4, 0.5) is 0 Å². The Labute approximate surface area is 123 Å². The third-order valence-corrected chi connectivity index (χ3v) is 4.64. The molecule has 110 valence electrons. The number of likely N-dealkylation sites (tertiary alicyclic amines) is 1. The fourth-order valence-corrected chi connectivity index (χ4v) is 3.46. The van der Waals surface area contributed by atoms with Crippen molar-refractivity contribution >= 4 is 17.0 Å². The van der Waals surface area contributed by atoms with Crippen LogP contribution in [0.15, 0.2) is 18.2 Å². The van der Waals surface area contributed by atoms with Gasteiger partial charge in [-0.15, -0.1) is 0 Å². The van der Waals surface area contributed by atoms with E-state index in [-0.39, 0.29) is 0 Å². The summed E-state index contributed by atoms with van der Waals surface area (Å²) in [6, 6.07) is 5.76. The normalized spacial score (nSPS) is 23.0. The fourth-order valence-electron chi connectivity index (χ4n) is 3.46. The minimum atomic E-state index is -0.865. The van der Waals surface area contributed by atoms with Crippen LogP contribution in [0.3, 0.4) is 0 Å².